The van der Waals surface area contributed by atoms with E-state index in [1.807, 2.05) is 29.2 Å². The van der Waals surface area contributed by atoms with Gasteiger partial charge in [0.2, 0.25) is 5.91 Å². The van der Waals surface area contributed by atoms with Gasteiger partial charge in [-0.3, -0.25) is 4.79 Å². The molecule has 1 aromatic heterocycles. The van der Waals surface area contributed by atoms with Crippen molar-refractivity contribution >= 4 is 34.7 Å². The number of hydrogen-bond donors (Lipinski definition) is 1. The topological polar surface area (TPSA) is 103 Å². The Kier molecular flexibility index (Phi) is 6.80. The molecule has 3 aromatic rings. The number of benzene rings is 2. The molecule has 0 atom stereocenters. The minimum Gasteiger partial charge on any atom is -0.493 e. The highest BCUT2D eigenvalue weighted by atomic mass is 19.3. The van der Waals surface area contributed by atoms with Crippen molar-refractivity contribution in [2.75, 3.05) is 37.5 Å². The Morgan fingerprint density at radius 1 is 1.15 bits per heavy atom. The maximum atomic E-state index is 13.0. The second-order valence-corrected chi connectivity index (χ2v) is 7.63. The van der Waals surface area contributed by atoms with Gasteiger partial charge >= 0.3 is 12.6 Å². The molecule has 1 aliphatic rings. The first-order valence-corrected chi connectivity index (χ1v) is 10.6. The molecule has 1 saturated heterocycles. The SMILES string of the molecule is COC(=O)c1cc(OC)c(OC(F)F)cc1NC(=O)C1CCN(c2nc3ccccc3o2)CC1. The first kappa shape index (κ1) is 23.3. The Labute approximate surface area is 193 Å². The molecular weight excluding hydrogens is 452 g/mol. The molecule has 4 rings (SSSR count). The van der Waals surface area contributed by atoms with Gasteiger partial charge in [0.15, 0.2) is 17.1 Å². The number of esters is 1. The molecule has 11 heteroatoms. The summed E-state index contributed by atoms with van der Waals surface area (Å²) in [5.74, 6) is -1.89. The van der Waals surface area contributed by atoms with Crippen molar-refractivity contribution in [2.24, 2.45) is 5.92 Å². The third kappa shape index (κ3) is 4.87. The van der Waals surface area contributed by atoms with Crippen molar-refractivity contribution < 1.29 is 37.0 Å². The van der Waals surface area contributed by atoms with Crippen LogP contribution >= 0.6 is 0 Å². The van der Waals surface area contributed by atoms with Crippen molar-refractivity contribution in [3.63, 3.8) is 0 Å². The number of hydrogen-bond acceptors (Lipinski definition) is 8. The molecule has 2 aromatic carbocycles. The van der Waals surface area contributed by atoms with Crippen LogP contribution in [0.1, 0.15) is 23.2 Å². The summed E-state index contributed by atoms with van der Waals surface area (Å²) in [6, 6.07) is 10.3. The number of carbonyl (C=O) groups is 2. The van der Waals surface area contributed by atoms with Crippen LogP contribution in [-0.4, -0.2) is 50.8 Å². The molecule has 1 amide bonds. The number of para-hydroxylation sites is 2. The number of piperidine rings is 1. The van der Waals surface area contributed by atoms with Crippen molar-refractivity contribution in [3.05, 3.63) is 42.0 Å². The summed E-state index contributed by atoms with van der Waals surface area (Å²) in [7, 11) is 2.42. The third-order valence-corrected chi connectivity index (χ3v) is 5.60. The van der Waals surface area contributed by atoms with Gasteiger partial charge in [-0.05, 0) is 25.0 Å². The van der Waals surface area contributed by atoms with Crippen molar-refractivity contribution in [1.29, 1.82) is 0 Å². The molecule has 180 valence electrons. The summed E-state index contributed by atoms with van der Waals surface area (Å²) in [5, 5.41) is 2.66. The Hall–Kier alpha value is -3.89. The van der Waals surface area contributed by atoms with Crippen LogP contribution in [0, 0.1) is 5.92 Å². The van der Waals surface area contributed by atoms with Gasteiger partial charge in [0.25, 0.3) is 6.01 Å². The quantitative estimate of drug-likeness (QED) is 0.510. The van der Waals surface area contributed by atoms with E-state index < -0.39 is 12.6 Å². The molecule has 34 heavy (non-hydrogen) atoms. The minimum atomic E-state index is -3.11. The van der Waals surface area contributed by atoms with Crippen LogP contribution in [0.3, 0.4) is 0 Å². The summed E-state index contributed by atoms with van der Waals surface area (Å²) in [6.07, 6.45) is 1.02. The molecule has 0 saturated carbocycles. The van der Waals surface area contributed by atoms with Crippen LogP contribution in [-0.2, 0) is 9.53 Å². The number of anilines is 2. The largest absolute Gasteiger partial charge is 0.493 e. The number of nitrogens with one attached hydrogen (secondary N) is 1. The Morgan fingerprint density at radius 2 is 1.88 bits per heavy atom. The van der Waals surface area contributed by atoms with Crippen LogP contribution in [0.5, 0.6) is 11.5 Å². The summed E-state index contributed by atoms with van der Waals surface area (Å²) in [4.78, 5) is 31.6. The maximum absolute atomic E-state index is 13.0. The number of oxazole rings is 1. The highest BCUT2D eigenvalue weighted by Crippen LogP contribution is 2.36. The highest BCUT2D eigenvalue weighted by molar-refractivity contribution is 6.02. The lowest BCUT2D eigenvalue weighted by Crippen LogP contribution is -2.38. The van der Waals surface area contributed by atoms with E-state index in [-0.39, 0.29) is 34.6 Å². The molecule has 1 fully saturated rings. The van der Waals surface area contributed by atoms with Crippen LogP contribution in [0.4, 0.5) is 20.5 Å². The average molecular weight is 475 g/mol. The van der Waals surface area contributed by atoms with E-state index in [0.29, 0.717) is 37.5 Å². The number of aromatic nitrogens is 1. The number of halogens is 2. The molecule has 0 unspecified atom stereocenters. The average Bonchev–Trinajstić information content (AvgIpc) is 3.28. The van der Waals surface area contributed by atoms with Gasteiger partial charge in [-0.2, -0.15) is 13.8 Å². The van der Waals surface area contributed by atoms with Crippen molar-refractivity contribution in [1.82, 2.24) is 4.98 Å². The van der Waals surface area contributed by atoms with Gasteiger partial charge in [0.05, 0.1) is 25.5 Å². The van der Waals surface area contributed by atoms with E-state index in [1.165, 1.54) is 20.3 Å². The van der Waals surface area contributed by atoms with E-state index in [0.717, 1.165) is 11.6 Å². The number of fused-ring (bicyclic) bond motifs is 1. The number of nitrogens with zero attached hydrogens (tertiary/aromatic N) is 2. The first-order valence-electron chi connectivity index (χ1n) is 10.6. The molecule has 0 spiro atoms. The lowest BCUT2D eigenvalue weighted by molar-refractivity contribution is -0.120. The zero-order valence-electron chi connectivity index (χ0n) is 18.5. The summed E-state index contributed by atoms with van der Waals surface area (Å²) >= 11 is 0. The van der Waals surface area contributed by atoms with E-state index in [2.05, 4.69) is 15.0 Å². The maximum Gasteiger partial charge on any atom is 0.387 e. The molecule has 2 heterocycles. The first-order chi connectivity index (χ1) is 16.4. The molecular formula is C23H23F2N3O6. The molecule has 1 aliphatic heterocycles. The number of rotatable bonds is 7. The van der Waals surface area contributed by atoms with Gasteiger partial charge < -0.3 is 28.8 Å². The summed E-state index contributed by atoms with van der Waals surface area (Å²) in [6.45, 7) is -2.04. The fourth-order valence-corrected chi connectivity index (χ4v) is 3.85. The second kappa shape index (κ2) is 9.94. The minimum absolute atomic E-state index is 0.00493. The highest BCUT2D eigenvalue weighted by Gasteiger charge is 2.29. The van der Waals surface area contributed by atoms with E-state index in [4.69, 9.17) is 13.9 Å². The lowest BCUT2D eigenvalue weighted by Gasteiger charge is -2.30. The van der Waals surface area contributed by atoms with Crippen molar-refractivity contribution in [2.45, 2.75) is 19.5 Å². The van der Waals surface area contributed by atoms with E-state index in [9.17, 15) is 18.4 Å². The fourth-order valence-electron chi connectivity index (χ4n) is 3.85. The monoisotopic (exact) mass is 475 g/mol. The predicted octanol–water partition coefficient (Wildman–Crippen LogP) is 4.08. The zero-order valence-corrected chi connectivity index (χ0v) is 18.5. The second-order valence-electron chi connectivity index (χ2n) is 7.63. The van der Waals surface area contributed by atoms with Crippen LogP contribution in [0.15, 0.2) is 40.8 Å². The van der Waals surface area contributed by atoms with Crippen molar-refractivity contribution in [3.8, 4) is 11.5 Å². The number of amides is 1. The molecule has 0 bridgehead atoms. The van der Waals surface area contributed by atoms with Gasteiger partial charge in [-0.15, -0.1) is 0 Å². The molecule has 0 aliphatic carbocycles. The van der Waals surface area contributed by atoms with Gasteiger partial charge in [0, 0.05) is 31.1 Å². The normalized spacial score (nSPS) is 14.3. The summed E-state index contributed by atoms with van der Waals surface area (Å²) in [5.41, 5.74) is 1.40. The third-order valence-electron chi connectivity index (χ3n) is 5.60. The predicted molar refractivity (Wildman–Crippen MR) is 119 cm³/mol. The zero-order chi connectivity index (χ0) is 24.2. The number of carbonyl (C=O) groups excluding carboxylic acids is 2. The standard InChI is InChI=1S/C23H23F2N3O6/c1-31-18-11-14(21(30)32-2)16(12-19(18)33-22(24)25)26-20(29)13-7-9-28(10-8-13)23-27-15-5-3-4-6-17(15)34-23/h3-6,11-13,22H,7-10H2,1-2H3,(H,26,29). The van der Waals surface area contributed by atoms with E-state index >= 15 is 0 Å². The number of methoxy groups -OCH3 is 2. The molecule has 1 N–H and O–H groups in total. The van der Waals surface area contributed by atoms with Gasteiger partial charge in [-0.1, -0.05) is 12.1 Å². The van der Waals surface area contributed by atoms with Crippen LogP contribution in [0.2, 0.25) is 0 Å². The number of alkyl halides is 2. The lowest BCUT2D eigenvalue weighted by atomic mass is 9.96. The van der Waals surface area contributed by atoms with E-state index in [1.54, 1.807) is 0 Å². The Balaban J connectivity index is 1.48. The Bertz CT molecular complexity index is 1160. The molecule has 0 radical (unpaired) electrons. The van der Waals surface area contributed by atoms with Gasteiger partial charge in [-0.25, -0.2) is 4.79 Å². The fraction of sp³-hybridized carbons (Fsp3) is 0.348. The van der Waals surface area contributed by atoms with Crippen LogP contribution in [0.25, 0.3) is 11.1 Å². The smallest absolute Gasteiger partial charge is 0.387 e. The summed E-state index contributed by atoms with van der Waals surface area (Å²) < 4.78 is 45.7. The van der Waals surface area contributed by atoms with Gasteiger partial charge in [0.1, 0.15) is 5.52 Å². The Morgan fingerprint density at radius 3 is 2.53 bits per heavy atom. The number of ether oxygens (including phenoxy) is 3. The molecule has 9 nitrogen and oxygen atoms in total. The van der Waals surface area contributed by atoms with Crippen LogP contribution < -0.4 is 19.7 Å².